The molecule has 1 heterocycles. The number of nitrogens with zero attached hydrogens (tertiary/aromatic N) is 1. The Hall–Kier alpha value is -1.63. The van der Waals surface area contributed by atoms with Gasteiger partial charge in [-0.2, -0.15) is 0 Å². The first kappa shape index (κ1) is 12.8. The summed E-state index contributed by atoms with van der Waals surface area (Å²) in [5.41, 5.74) is 4.20. The van der Waals surface area contributed by atoms with Crippen LogP contribution in [0.25, 0.3) is 0 Å². The van der Waals surface area contributed by atoms with E-state index in [4.69, 9.17) is 0 Å². The predicted molar refractivity (Wildman–Crippen MR) is 76.8 cm³/mol. The van der Waals surface area contributed by atoms with Crippen molar-refractivity contribution in [3.05, 3.63) is 65.5 Å². The summed E-state index contributed by atoms with van der Waals surface area (Å²) in [6, 6.07) is 12.9. The van der Waals surface area contributed by atoms with Gasteiger partial charge in [-0.3, -0.25) is 4.98 Å². The molecule has 0 unspecified atom stereocenters. The third-order valence-corrected chi connectivity index (χ3v) is 3.21. The SMILES string of the molecule is CC(C)(C)c1cncc(CCc2ccccc2)c1. The Labute approximate surface area is 110 Å². The number of pyridine rings is 1. The standard InChI is InChI=1S/C17H21N/c1-17(2,3)16-11-15(12-18-13-16)10-9-14-7-5-4-6-8-14/h4-8,11-13H,9-10H2,1-3H3. The molecule has 1 aromatic heterocycles. The van der Waals surface area contributed by atoms with Crippen LogP contribution >= 0.6 is 0 Å². The first-order chi connectivity index (χ1) is 8.55. The van der Waals surface area contributed by atoms with Gasteiger partial charge in [-0.05, 0) is 34.9 Å². The summed E-state index contributed by atoms with van der Waals surface area (Å²) in [4.78, 5) is 4.36. The molecule has 0 aliphatic rings. The second-order valence-electron chi connectivity index (χ2n) is 5.82. The van der Waals surface area contributed by atoms with Crippen LogP contribution in [-0.4, -0.2) is 4.98 Å². The lowest BCUT2D eigenvalue weighted by molar-refractivity contribution is 0.586. The third kappa shape index (κ3) is 3.43. The van der Waals surface area contributed by atoms with E-state index in [1.807, 2.05) is 12.4 Å². The van der Waals surface area contributed by atoms with Gasteiger partial charge < -0.3 is 0 Å². The molecular formula is C17H21N. The lowest BCUT2D eigenvalue weighted by Gasteiger charge is -2.19. The number of aromatic nitrogens is 1. The van der Waals surface area contributed by atoms with Gasteiger partial charge in [-0.25, -0.2) is 0 Å². The molecule has 0 aliphatic heterocycles. The number of hydrogen-bond donors (Lipinski definition) is 0. The molecule has 0 radical (unpaired) electrons. The molecule has 0 N–H and O–H groups in total. The van der Waals surface area contributed by atoms with E-state index in [1.54, 1.807) is 0 Å². The van der Waals surface area contributed by atoms with Crippen molar-refractivity contribution < 1.29 is 0 Å². The van der Waals surface area contributed by atoms with Crippen molar-refractivity contribution in [1.29, 1.82) is 0 Å². The molecule has 0 atom stereocenters. The summed E-state index contributed by atoms with van der Waals surface area (Å²) < 4.78 is 0. The molecule has 0 saturated carbocycles. The van der Waals surface area contributed by atoms with Gasteiger partial charge in [-0.15, -0.1) is 0 Å². The molecule has 2 rings (SSSR count). The summed E-state index contributed by atoms with van der Waals surface area (Å²) in [5, 5.41) is 0. The quantitative estimate of drug-likeness (QED) is 0.783. The highest BCUT2D eigenvalue weighted by Crippen LogP contribution is 2.22. The highest BCUT2D eigenvalue weighted by Gasteiger charge is 2.14. The molecule has 2 aromatic rings. The van der Waals surface area contributed by atoms with Gasteiger partial charge in [0.1, 0.15) is 0 Å². The van der Waals surface area contributed by atoms with Crippen molar-refractivity contribution in [3.8, 4) is 0 Å². The number of aryl methyl sites for hydroxylation is 2. The maximum atomic E-state index is 4.36. The average molecular weight is 239 g/mol. The molecule has 0 fully saturated rings. The van der Waals surface area contributed by atoms with Crippen molar-refractivity contribution in [3.63, 3.8) is 0 Å². The Kier molecular flexibility index (Phi) is 3.81. The minimum absolute atomic E-state index is 0.176. The summed E-state index contributed by atoms with van der Waals surface area (Å²) in [7, 11) is 0. The summed E-state index contributed by atoms with van der Waals surface area (Å²) in [5.74, 6) is 0. The maximum absolute atomic E-state index is 4.36. The van der Waals surface area contributed by atoms with Crippen molar-refractivity contribution in [1.82, 2.24) is 4.98 Å². The van der Waals surface area contributed by atoms with Crippen LogP contribution in [0.1, 0.15) is 37.5 Å². The molecule has 0 bridgehead atoms. The van der Waals surface area contributed by atoms with Crippen molar-refractivity contribution in [2.24, 2.45) is 0 Å². The topological polar surface area (TPSA) is 12.9 Å². The molecule has 94 valence electrons. The molecule has 0 amide bonds. The fourth-order valence-corrected chi connectivity index (χ4v) is 1.97. The Morgan fingerprint density at radius 1 is 0.889 bits per heavy atom. The number of benzene rings is 1. The van der Waals surface area contributed by atoms with E-state index in [1.165, 1.54) is 16.7 Å². The Morgan fingerprint density at radius 3 is 2.22 bits per heavy atom. The normalized spacial score (nSPS) is 11.5. The largest absolute Gasteiger partial charge is 0.264 e. The monoisotopic (exact) mass is 239 g/mol. The molecule has 1 nitrogen and oxygen atoms in total. The van der Waals surface area contributed by atoms with E-state index in [0.29, 0.717) is 0 Å². The van der Waals surface area contributed by atoms with E-state index >= 15 is 0 Å². The molecule has 0 aliphatic carbocycles. The zero-order chi connectivity index (χ0) is 13.0. The van der Waals surface area contributed by atoms with Crippen LogP contribution in [0.4, 0.5) is 0 Å². The Morgan fingerprint density at radius 2 is 1.56 bits per heavy atom. The summed E-state index contributed by atoms with van der Waals surface area (Å²) in [6.45, 7) is 6.68. The van der Waals surface area contributed by atoms with Gasteiger partial charge in [0.25, 0.3) is 0 Å². The van der Waals surface area contributed by atoms with Crippen LogP contribution in [-0.2, 0) is 18.3 Å². The van der Waals surface area contributed by atoms with Crippen LogP contribution in [0.3, 0.4) is 0 Å². The summed E-state index contributed by atoms with van der Waals surface area (Å²) in [6.07, 6.45) is 6.10. The minimum Gasteiger partial charge on any atom is -0.264 e. The summed E-state index contributed by atoms with van der Waals surface area (Å²) >= 11 is 0. The third-order valence-electron chi connectivity index (χ3n) is 3.21. The molecule has 18 heavy (non-hydrogen) atoms. The Bertz CT molecular complexity index is 495. The zero-order valence-electron chi connectivity index (χ0n) is 11.5. The van der Waals surface area contributed by atoms with E-state index in [9.17, 15) is 0 Å². The van der Waals surface area contributed by atoms with Crippen LogP contribution < -0.4 is 0 Å². The van der Waals surface area contributed by atoms with Gasteiger partial charge in [0, 0.05) is 12.4 Å². The van der Waals surface area contributed by atoms with E-state index in [0.717, 1.165) is 12.8 Å². The van der Waals surface area contributed by atoms with Crippen LogP contribution in [0, 0.1) is 0 Å². The predicted octanol–water partition coefficient (Wildman–Crippen LogP) is 4.16. The van der Waals surface area contributed by atoms with Gasteiger partial charge in [0.05, 0.1) is 0 Å². The molecule has 1 heteroatoms. The maximum Gasteiger partial charge on any atom is 0.0305 e. The molecular weight excluding hydrogens is 218 g/mol. The molecule has 0 saturated heterocycles. The lowest BCUT2D eigenvalue weighted by atomic mass is 9.87. The minimum atomic E-state index is 0.176. The number of rotatable bonds is 3. The van der Waals surface area contributed by atoms with Gasteiger partial charge in [-0.1, -0.05) is 57.2 Å². The zero-order valence-corrected chi connectivity index (χ0v) is 11.5. The van der Waals surface area contributed by atoms with E-state index in [2.05, 4.69) is 62.2 Å². The fourth-order valence-electron chi connectivity index (χ4n) is 1.97. The molecule has 0 spiro atoms. The van der Waals surface area contributed by atoms with Crippen LogP contribution in [0.2, 0.25) is 0 Å². The lowest BCUT2D eigenvalue weighted by Crippen LogP contribution is -2.12. The van der Waals surface area contributed by atoms with E-state index < -0.39 is 0 Å². The first-order valence-electron chi connectivity index (χ1n) is 6.54. The van der Waals surface area contributed by atoms with Crippen LogP contribution in [0.15, 0.2) is 48.8 Å². The van der Waals surface area contributed by atoms with Gasteiger partial charge >= 0.3 is 0 Å². The van der Waals surface area contributed by atoms with Crippen molar-refractivity contribution in [2.45, 2.75) is 39.0 Å². The second kappa shape index (κ2) is 5.34. The average Bonchev–Trinajstić information content (AvgIpc) is 2.37. The van der Waals surface area contributed by atoms with E-state index in [-0.39, 0.29) is 5.41 Å². The Balaban J connectivity index is 2.06. The second-order valence-corrected chi connectivity index (χ2v) is 5.82. The number of hydrogen-bond acceptors (Lipinski definition) is 1. The fraction of sp³-hybridized carbons (Fsp3) is 0.353. The smallest absolute Gasteiger partial charge is 0.0305 e. The van der Waals surface area contributed by atoms with Crippen molar-refractivity contribution >= 4 is 0 Å². The van der Waals surface area contributed by atoms with Crippen molar-refractivity contribution in [2.75, 3.05) is 0 Å². The van der Waals surface area contributed by atoms with Crippen LogP contribution in [0.5, 0.6) is 0 Å². The molecule has 1 aromatic carbocycles. The van der Waals surface area contributed by atoms with Gasteiger partial charge in [0.2, 0.25) is 0 Å². The highest BCUT2D eigenvalue weighted by molar-refractivity contribution is 5.25. The van der Waals surface area contributed by atoms with Gasteiger partial charge in [0.15, 0.2) is 0 Å². The first-order valence-corrected chi connectivity index (χ1v) is 6.54. The highest BCUT2D eigenvalue weighted by atomic mass is 14.6.